The fraction of sp³-hybridized carbons (Fsp3) is 0.444. The zero-order valence-corrected chi connectivity index (χ0v) is 14.4. The van der Waals surface area contributed by atoms with Crippen LogP contribution in [0.1, 0.15) is 6.92 Å². The number of carbonyl (C=O) groups excluding carboxylic acids is 1. The van der Waals surface area contributed by atoms with Crippen LogP contribution in [-0.2, 0) is 0 Å². The highest BCUT2D eigenvalue weighted by molar-refractivity contribution is 5.89. The summed E-state index contributed by atoms with van der Waals surface area (Å²) in [4.78, 5) is 16.8. The molecule has 0 saturated carbocycles. The van der Waals surface area contributed by atoms with Gasteiger partial charge in [0.2, 0.25) is 0 Å². The molecule has 1 aromatic carbocycles. The smallest absolute Gasteiger partial charge is 0.321 e. The van der Waals surface area contributed by atoms with Crippen LogP contribution in [0.25, 0.3) is 5.69 Å². The molecule has 2 aliphatic rings. The number of hydrogen-bond donors (Lipinski definition) is 1. The SMILES string of the molecule is CN1C[C@@H]2CN(C(=O)Nc3cnn(-c4ccccc4F)c3)C[C@]2(C)C1. The van der Waals surface area contributed by atoms with Crippen LogP contribution in [0.5, 0.6) is 0 Å². The number of likely N-dealkylation sites (tertiary alicyclic amines) is 2. The van der Waals surface area contributed by atoms with Crippen LogP contribution in [0.2, 0.25) is 0 Å². The van der Waals surface area contributed by atoms with Crippen molar-refractivity contribution in [3.8, 4) is 5.69 Å². The lowest BCUT2D eigenvalue weighted by Gasteiger charge is -2.23. The van der Waals surface area contributed by atoms with Crippen LogP contribution < -0.4 is 5.32 Å². The van der Waals surface area contributed by atoms with Crippen LogP contribution in [-0.4, -0.2) is 58.8 Å². The molecule has 1 N–H and O–H groups in total. The summed E-state index contributed by atoms with van der Waals surface area (Å²) in [5, 5.41) is 7.02. The Morgan fingerprint density at radius 1 is 1.32 bits per heavy atom. The summed E-state index contributed by atoms with van der Waals surface area (Å²) in [6.45, 7) is 5.84. The molecule has 0 unspecified atom stereocenters. The molecule has 25 heavy (non-hydrogen) atoms. The zero-order chi connectivity index (χ0) is 17.6. The van der Waals surface area contributed by atoms with Crippen LogP contribution >= 0.6 is 0 Å². The second kappa shape index (κ2) is 5.84. The maximum absolute atomic E-state index is 13.8. The number of urea groups is 1. The Morgan fingerprint density at radius 2 is 2.12 bits per heavy atom. The van der Waals surface area contributed by atoms with Gasteiger partial charge in [-0.3, -0.25) is 0 Å². The number of para-hydroxylation sites is 1. The zero-order valence-electron chi connectivity index (χ0n) is 14.4. The molecule has 0 bridgehead atoms. The maximum Gasteiger partial charge on any atom is 0.321 e. The minimum Gasteiger partial charge on any atom is -0.324 e. The van der Waals surface area contributed by atoms with Gasteiger partial charge in [-0.1, -0.05) is 19.1 Å². The molecule has 2 fully saturated rings. The predicted octanol–water partition coefficient (Wildman–Crippen LogP) is 2.43. The Balaban J connectivity index is 1.44. The van der Waals surface area contributed by atoms with Gasteiger partial charge in [-0.05, 0) is 25.1 Å². The van der Waals surface area contributed by atoms with E-state index >= 15 is 0 Å². The van der Waals surface area contributed by atoms with Gasteiger partial charge >= 0.3 is 6.03 Å². The van der Waals surface area contributed by atoms with Crippen molar-refractivity contribution in [2.75, 3.05) is 38.5 Å². The summed E-state index contributed by atoms with van der Waals surface area (Å²) in [5.74, 6) is 0.164. The highest BCUT2D eigenvalue weighted by atomic mass is 19.1. The summed E-state index contributed by atoms with van der Waals surface area (Å²) >= 11 is 0. The van der Waals surface area contributed by atoms with Gasteiger partial charge in [0.1, 0.15) is 11.5 Å². The first-order chi connectivity index (χ1) is 11.9. The van der Waals surface area contributed by atoms with Crippen molar-refractivity contribution in [2.45, 2.75) is 6.92 Å². The molecule has 4 rings (SSSR count). The van der Waals surface area contributed by atoms with Crippen LogP contribution in [0, 0.1) is 17.2 Å². The first-order valence-corrected chi connectivity index (χ1v) is 8.49. The topological polar surface area (TPSA) is 53.4 Å². The lowest BCUT2D eigenvalue weighted by atomic mass is 9.83. The average Bonchev–Trinajstić information content (AvgIpc) is 3.19. The monoisotopic (exact) mass is 343 g/mol. The number of benzene rings is 1. The van der Waals surface area contributed by atoms with E-state index in [0.29, 0.717) is 17.3 Å². The van der Waals surface area contributed by atoms with Gasteiger partial charge in [0.25, 0.3) is 0 Å². The van der Waals surface area contributed by atoms with Gasteiger partial charge in [-0.2, -0.15) is 5.10 Å². The van der Waals surface area contributed by atoms with Gasteiger partial charge in [0.15, 0.2) is 0 Å². The third-order valence-electron chi connectivity index (χ3n) is 5.36. The van der Waals surface area contributed by atoms with Gasteiger partial charge in [0, 0.05) is 31.6 Å². The fourth-order valence-electron chi connectivity index (χ4n) is 4.14. The molecule has 0 spiro atoms. The molecule has 0 aliphatic carbocycles. The van der Waals surface area contributed by atoms with E-state index in [1.54, 1.807) is 24.4 Å². The van der Waals surface area contributed by atoms with Gasteiger partial charge in [-0.15, -0.1) is 0 Å². The molecule has 2 aliphatic heterocycles. The Bertz CT molecular complexity index is 806. The van der Waals surface area contributed by atoms with E-state index in [1.165, 1.54) is 16.9 Å². The summed E-state index contributed by atoms with van der Waals surface area (Å²) in [7, 11) is 2.13. The number of fused-ring (bicyclic) bond motifs is 1. The van der Waals surface area contributed by atoms with Crippen molar-refractivity contribution in [3.63, 3.8) is 0 Å². The number of nitrogens with zero attached hydrogens (tertiary/aromatic N) is 4. The number of anilines is 1. The summed E-state index contributed by atoms with van der Waals surface area (Å²) < 4.78 is 15.3. The number of nitrogens with one attached hydrogen (secondary N) is 1. The Morgan fingerprint density at radius 3 is 2.88 bits per heavy atom. The van der Waals surface area contributed by atoms with E-state index in [4.69, 9.17) is 0 Å². The molecule has 3 heterocycles. The number of amides is 2. The molecule has 1 aromatic heterocycles. The van der Waals surface area contributed by atoms with Crippen molar-refractivity contribution >= 4 is 11.7 Å². The highest BCUT2D eigenvalue weighted by Gasteiger charge is 2.49. The normalized spacial score (nSPS) is 26.0. The second-order valence-electron chi connectivity index (χ2n) is 7.48. The predicted molar refractivity (Wildman–Crippen MR) is 93.2 cm³/mol. The van der Waals surface area contributed by atoms with Crippen LogP contribution in [0.4, 0.5) is 14.9 Å². The van der Waals surface area contributed by atoms with Crippen molar-refractivity contribution in [1.29, 1.82) is 0 Å². The lowest BCUT2D eigenvalue weighted by molar-refractivity contribution is 0.209. The van der Waals surface area contributed by atoms with E-state index in [-0.39, 0.29) is 17.3 Å². The number of aromatic nitrogens is 2. The van der Waals surface area contributed by atoms with E-state index in [2.05, 4.69) is 29.3 Å². The minimum absolute atomic E-state index is 0.119. The largest absolute Gasteiger partial charge is 0.324 e. The first kappa shape index (κ1) is 16.1. The van der Waals surface area contributed by atoms with E-state index in [0.717, 1.165) is 26.2 Å². The molecular formula is C18H22FN5O. The average molecular weight is 343 g/mol. The third kappa shape index (κ3) is 2.89. The van der Waals surface area contributed by atoms with Crippen molar-refractivity contribution in [2.24, 2.45) is 11.3 Å². The van der Waals surface area contributed by atoms with E-state index in [9.17, 15) is 9.18 Å². The summed E-state index contributed by atoms with van der Waals surface area (Å²) in [6.07, 6.45) is 3.17. The minimum atomic E-state index is -0.354. The van der Waals surface area contributed by atoms with Crippen LogP contribution in [0.15, 0.2) is 36.7 Å². The molecule has 132 valence electrons. The summed E-state index contributed by atoms with van der Waals surface area (Å²) in [5.41, 5.74) is 1.09. The molecular weight excluding hydrogens is 321 g/mol. The second-order valence-corrected chi connectivity index (χ2v) is 7.48. The van der Waals surface area contributed by atoms with E-state index < -0.39 is 0 Å². The molecule has 0 radical (unpaired) electrons. The van der Waals surface area contributed by atoms with Crippen molar-refractivity contribution in [3.05, 3.63) is 42.5 Å². The Hall–Kier alpha value is -2.41. The fourth-order valence-corrected chi connectivity index (χ4v) is 4.14. The van der Waals surface area contributed by atoms with Crippen molar-refractivity contribution < 1.29 is 9.18 Å². The molecule has 2 aromatic rings. The molecule has 7 heteroatoms. The summed E-state index contributed by atoms with van der Waals surface area (Å²) in [6, 6.07) is 6.29. The van der Waals surface area contributed by atoms with Crippen molar-refractivity contribution in [1.82, 2.24) is 19.6 Å². The lowest BCUT2D eigenvalue weighted by Crippen LogP contribution is -2.37. The third-order valence-corrected chi connectivity index (χ3v) is 5.36. The molecule has 2 amide bonds. The number of hydrogen-bond acceptors (Lipinski definition) is 3. The number of halogens is 1. The number of carbonyl (C=O) groups is 1. The quantitative estimate of drug-likeness (QED) is 0.911. The molecule has 6 nitrogen and oxygen atoms in total. The first-order valence-electron chi connectivity index (χ1n) is 8.49. The van der Waals surface area contributed by atoms with Gasteiger partial charge < -0.3 is 15.1 Å². The Labute approximate surface area is 146 Å². The van der Waals surface area contributed by atoms with Crippen LogP contribution in [0.3, 0.4) is 0 Å². The standard InChI is InChI=1S/C18H22FN5O/c1-18-11-22(2)8-13(18)9-23(12-18)17(25)21-14-7-20-24(10-14)16-6-4-3-5-15(16)19/h3-7,10,13H,8-9,11-12H2,1-2H3,(H,21,25)/t13-,18+/m1/s1. The number of rotatable bonds is 2. The maximum atomic E-state index is 13.8. The highest BCUT2D eigenvalue weighted by Crippen LogP contribution is 2.41. The van der Waals surface area contributed by atoms with Gasteiger partial charge in [0.05, 0.1) is 18.1 Å². The molecule has 2 saturated heterocycles. The van der Waals surface area contributed by atoms with Gasteiger partial charge in [-0.25, -0.2) is 13.9 Å². The molecule has 2 atom stereocenters. The Kier molecular flexibility index (Phi) is 3.76. The van der Waals surface area contributed by atoms with E-state index in [1.807, 2.05) is 4.90 Å².